The first-order valence-electron chi connectivity index (χ1n) is 7.02. The van der Waals surface area contributed by atoms with E-state index in [-0.39, 0.29) is 30.5 Å². The number of hydrogen-bond acceptors (Lipinski definition) is 4. The van der Waals surface area contributed by atoms with Gasteiger partial charge in [0.2, 0.25) is 5.91 Å². The van der Waals surface area contributed by atoms with Crippen molar-refractivity contribution in [2.24, 2.45) is 11.8 Å². The number of carbonyl (C=O) groups is 2. The van der Waals surface area contributed by atoms with Crippen LogP contribution in [-0.2, 0) is 16.0 Å². The van der Waals surface area contributed by atoms with Gasteiger partial charge in [0, 0.05) is 18.7 Å². The lowest BCUT2D eigenvalue weighted by molar-refractivity contribution is -0.384. The van der Waals surface area contributed by atoms with Crippen LogP contribution in [0.25, 0.3) is 0 Å². The third kappa shape index (κ3) is 5.90. The van der Waals surface area contributed by atoms with Crippen LogP contribution in [0.15, 0.2) is 24.3 Å². The SMILES string of the molecule is CC(C)CC(CNC(=O)Cc1ccc([N+](=O)[O-])cc1)C(=O)O. The van der Waals surface area contributed by atoms with Gasteiger partial charge in [-0.3, -0.25) is 19.7 Å². The van der Waals surface area contributed by atoms with Gasteiger partial charge >= 0.3 is 5.97 Å². The number of nitrogens with zero attached hydrogens (tertiary/aromatic N) is 1. The lowest BCUT2D eigenvalue weighted by Gasteiger charge is -2.15. The minimum Gasteiger partial charge on any atom is -0.481 e. The first kappa shape index (κ1) is 17.6. The number of carboxylic acid groups (broad SMARTS) is 1. The van der Waals surface area contributed by atoms with E-state index in [0.29, 0.717) is 12.0 Å². The highest BCUT2D eigenvalue weighted by Gasteiger charge is 2.19. The molecular formula is C15H20N2O5. The molecule has 7 nitrogen and oxygen atoms in total. The number of benzene rings is 1. The predicted octanol–water partition coefficient (Wildman–Crippen LogP) is 2.00. The Morgan fingerprint density at radius 1 is 1.27 bits per heavy atom. The molecule has 0 radical (unpaired) electrons. The molecule has 1 rings (SSSR count). The van der Waals surface area contributed by atoms with Crippen LogP contribution in [0.5, 0.6) is 0 Å². The highest BCUT2D eigenvalue weighted by Crippen LogP contribution is 2.13. The summed E-state index contributed by atoms with van der Waals surface area (Å²) in [6.45, 7) is 3.93. The van der Waals surface area contributed by atoms with Gasteiger partial charge in [-0.2, -0.15) is 0 Å². The van der Waals surface area contributed by atoms with Gasteiger partial charge in [-0.1, -0.05) is 26.0 Å². The maximum absolute atomic E-state index is 11.8. The second-order valence-electron chi connectivity index (χ2n) is 5.57. The van der Waals surface area contributed by atoms with Crippen molar-refractivity contribution in [2.45, 2.75) is 26.7 Å². The standard InChI is InChI=1S/C15H20N2O5/c1-10(2)7-12(15(19)20)9-16-14(18)8-11-3-5-13(6-4-11)17(21)22/h3-6,10,12H,7-9H2,1-2H3,(H,16,18)(H,19,20). The summed E-state index contributed by atoms with van der Waals surface area (Å²) in [6.07, 6.45) is 0.555. The molecule has 0 aliphatic rings. The lowest BCUT2D eigenvalue weighted by atomic mass is 9.97. The summed E-state index contributed by atoms with van der Waals surface area (Å²) in [5.41, 5.74) is 0.603. The van der Waals surface area contributed by atoms with Crippen LogP contribution in [0, 0.1) is 22.0 Å². The van der Waals surface area contributed by atoms with Gasteiger partial charge < -0.3 is 10.4 Å². The molecule has 120 valence electrons. The van der Waals surface area contributed by atoms with E-state index in [1.165, 1.54) is 24.3 Å². The van der Waals surface area contributed by atoms with E-state index in [1.54, 1.807) is 0 Å². The maximum Gasteiger partial charge on any atom is 0.308 e. The fourth-order valence-corrected chi connectivity index (χ4v) is 2.06. The average Bonchev–Trinajstić information content (AvgIpc) is 2.43. The minimum atomic E-state index is -0.927. The molecule has 0 saturated heterocycles. The molecule has 1 aromatic rings. The van der Waals surface area contributed by atoms with Crippen molar-refractivity contribution in [3.05, 3.63) is 39.9 Å². The molecular weight excluding hydrogens is 288 g/mol. The molecule has 0 aromatic heterocycles. The van der Waals surface area contributed by atoms with Crippen molar-refractivity contribution in [2.75, 3.05) is 6.54 Å². The zero-order chi connectivity index (χ0) is 16.7. The van der Waals surface area contributed by atoms with Crippen LogP contribution < -0.4 is 5.32 Å². The van der Waals surface area contributed by atoms with E-state index in [2.05, 4.69) is 5.32 Å². The fraction of sp³-hybridized carbons (Fsp3) is 0.467. The number of carboxylic acids is 1. The number of nitrogens with one attached hydrogen (secondary N) is 1. The normalized spacial score (nSPS) is 12.0. The second-order valence-corrected chi connectivity index (χ2v) is 5.57. The van der Waals surface area contributed by atoms with E-state index in [9.17, 15) is 19.7 Å². The van der Waals surface area contributed by atoms with Crippen molar-refractivity contribution < 1.29 is 19.6 Å². The van der Waals surface area contributed by atoms with E-state index in [0.717, 1.165) is 0 Å². The minimum absolute atomic E-state index is 0.0352. The number of nitro benzene ring substituents is 1. The van der Waals surface area contributed by atoms with Gasteiger partial charge in [-0.15, -0.1) is 0 Å². The largest absolute Gasteiger partial charge is 0.481 e. The molecule has 1 amide bonds. The average molecular weight is 308 g/mol. The molecule has 2 N–H and O–H groups in total. The van der Waals surface area contributed by atoms with E-state index >= 15 is 0 Å². The van der Waals surface area contributed by atoms with Gasteiger partial charge in [-0.25, -0.2) is 0 Å². The van der Waals surface area contributed by atoms with E-state index < -0.39 is 16.8 Å². The summed E-state index contributed by atoms with van der Waals surface area (Å²) in [4.78, 5) is 32.9. The Morgan fingerprint density at radius 3 is 2.32 bits per heavy atom. The highest BCUT2D eigenvalue weighted by atomic mass is 16.6. The van der Waals surface area contributed by atoms with Crippen LogP contribution in [-0.4, -0.2) is 28.5 Å². The lowest BCUT2D eigenvalue weighted by Crippen LogP contribution is -2.34. The number of amides is 1. The van der Waals surface area contributed by atoms with Crippen LogP contribution in [0.3, 0.4) is 0 Å². The number of rotatable bonds is 8. The first-order valence-corrected chi connectivity index (χ1v) is 7.02. The van der Waals surface area contributed by atoms with Crippen LogP contribution in [0.4, 0.5) is 5.69 Å². The summed E-state index contributed by atoms with van der Waals surface area (Å²) in [5.74, 6) is -1.61. The molecule has 0 fully saturated rings. The molecule has 0 aliphatic heterocycles. The molecule has 1 atom stereocenters. The number of carbonyl (C=O) groups excluding carboxylic acids is 1. The number of non-ortho nitro benzene ring substituents is 1. The molecule has 0 heterocycles. The van der Waals surface area contributed by atoms with Crippen LogP contribution >= 0.6 is 0 Å². The third-order valence-corrected chi connectivity index (χ3v) is 3.16. The Labute approximate surface area is 128 Å². The Bertz CT molecular complexity index is 539. The molecule has 0 aliphatic carbocycles. The second kappa shape index (κ2) is 8.11. The zero-order valence-corrected chi connectivity index (χ0v) is 12.6. The molecule has 0 spiro atoms. The quantitative estimate of drug-likeness (QED) is 0.564. The topological polar surface area (TPSA) is 110 Å². The summed E-state index contributed by atoms with van der Waals surface area (Å²) < 4.78 is 0. The summed E-state index contributed by atoms with van der Waals surface area (Å²) >= 11 is 0. The van der Waals surface area contributed by atoms with Crippen LogP contribution in [0.1, 0.15) is 25.8 Å². The van der Waals surface area contributed by atoms with Crippen molar-refractivity contribution in [3.63, 3.8) is 0 Å². The van der Waals surface area contributed by atoms with Gasteiger partial charge in [0.15, 0.2) is 0 Å². The molecule has 0 saturated carbocycles. The Morgan fingerprint density at radius 2 is 1.86 bits per heavy atom. The summed E-state index contributed by atoms with van der Waals surface area (Å²) in [6, 6.07) is 5.70. The van der Waals surface area contributed by atoms with Crippen molar-refractivity contribution in [1.29, 1.82) is 0 Å². The molecule has 0 bridgehead atoms. The zero-order valence-electron chi connectivity index (χ0n) is 12.6. The fourth-order valence-electron chi connectivity index (χ4n) is 2.06. The van der Waals surface area contributed by atoms with Crippen molar-refractivity contribution >= 4 is 17.6 Å². The number of nitro groups is 1. The smallest absolute Gasteiger partial charge is 0.308 e. The van der Waals surface area contributed by atoms with Crippen molar-refractivity contribution in [3.8, 4) is 0 Å². The summed E-state index contributed by atoms with van der Waals surface area (Å²) in [7, 11) is 0. The first-order chi connectivity index (χ1) is 10.3. The van der Waals surface area contributed by atoms with Gasteiger partial charge in [0.1, 0.15) is 0 Å². The Balaban J connectivity index is 2.51. The Hall–Kier alpha value is -2.44. The maximum atomic E-state index is 11.8. The number of hydrogen-bond donors (Lipinski definition) is 2. The van der Waals surface area contributed by atoms with E-state index in [1.807, 2.05) is 13.8 Å². The van der Waals surface area contributed by atoms with Gasteiger partial charge in [-0.05, 0) is 17.9 Å². The van der Waals surface area contributed by atoms with Crippen molar-refractivity contribution in [1.82, 2.24) is 5.32 Å². The monoisotopic (exact) mass is 308 g/mol. The Kier molecular flexibility index (Phi) is 6.49. The highest BCUT2D eigenvalue weighted by molar-refractivity contribution is 5.79. The molecule has 22 heavy (non-hydrogen) atoms. The third-order valence-electron chi connectivity index (χ3n) is 3.16. The molecule has 1 aromatic carbocycles. The van der Waals surface area contributed by atoms with Gasteiger partial charge in [0.05, 0.1) is 17.3 Å². The number of aliphatic carboxylic acids is 1. The summed E-state index contributed by atoms with van der Waals surface area (Å²) in [5, 5.41) is 22.2. The van der Waals surface area contributed by atoms with Crippen LogP contribution in [0.2, 0.25) is 0 Å². The molecule has 7 heteroatoms. The molecule has 1 unspecified atom stereocenters. The van der Waals surface area contributed by atoms with E-state index in [4.69, 9.17) is 5.11 Å². The predicted molar refractivity (Wildman–Crippen MR) is 80.4 cm³/mol. The van der Waals surface area contributed by atoms with Gasteiger partial charge in [0.25, 0.3) is 5.69 Å².